The van der Waals surface area contributed by atoms with Crippen LogP contribution in [-0.2, 0) is 14.3 Å². The minimum atomic E-state index is -0.473. The predicted octanol–water partition coefficient (Wildman–Crippen LogP) is -0.815. The molecular weight excluding hydrogens is 184 g/mol. The molecule has 5 heteroatoms. The molecule has 1 amide bonds. The first kappa shape index (κ1) is 11.1. The maximum Gasteiger partial charge on any atom is 0.246 e. The lowest BCUT2D eigenvalue weighted by Gasteiger charge is -2.26. The standard InChI is InChI=1S/C9H16N2O3/c10-4-7(12)3-6-1-2-8(9(11)13)14-5-6/h6,8H,1-5,10H2,(H2,11,13)/t6-,8-/m0/s1. The molecule has 4 N–H and O–H groups in total. The smallest absolute Gasteiger partial charge is 0.246 e. The van der Waals surface area contributed by atoms with Crippen molar-refractivity contribution in [1.82, 2.24) is 0 Å². The van der Waals surface area contributed by atoms with Crippen LogP contribution < -0.4 is 11.5 Å². The van der Waals surface area contributed by atoms with E-state index in [1.54, 1.807) is 0 Å². The van der Waals surface area contributed by atoms with Crippen molar-refractivity contribution < 1.29 is 14.3 Å². The molecule has 0 saturated carbocycles. The Kier molecular flexibility index (Phi) is 4.03. The van der Waals surface area contributed by atoms with Gasteiger partial charge in [-0.15, -0.1) is 0 Å². The van der Waals surface area contributed by atoms with Gasteiger partial charge in [-0.05, 0) is 18.8 Å². The molecule has 1 aliphatic heterocycles. The maximum absolute atomic E-state index is 11.0. The Morgan fingerprint density at radius 2 is 2.07 bits per heavy atom. The van der Waals surface area contributed by atoms with Gasteiger partial charge in [-0.1, -0.05) is 0 Å². The second-order valence-electron chi connectivity index (χ2n) is 3.61. The Morgan fingerprint density at radius 3 is 2.50 bits per heavy atom. The van der Waals surface area contributed by atoms with Crippen LogP contribution in [-0.4, -0.2) is 30.9 Å². The van der Waals surface area contributed by atoms with E-state index >= 15 is 0 Å². The van der Waals surface area contributed by atoms with Crippen LogP contribution in [0.4, 0.5) is 0 Å². The summed E-state index contributed by atoms with van der Waals surface area (Å²) in [6.07, 6.45) is 1.39. The average Bonchev–Trinajstić information content (AvgIpc) is 2.18. The van der Waals surface area contributed by atoms with E-state index in [0.717, 1.165) is 6.42 Å². The molecule has 0 aliphatic carbocycles. The number of primary amides is 1. The van der Waals surface area contributed by atoms with E-state index in [9.17, 15) is 9.59 Å². The normalized spacial score (nSPS) is 27.2. The zero-order valence-corrected chi connectivity index (χ0v) is 8.07. The fraction of sp³-hybridized carbons (Fsp3) is 0.778. The Bertz CT molecular complexity index is 222. The summed E-state index contributed by atoms with van der Waals surface area (Å²) in [5.41, 5.74) is 10.3. The average molecular weight is 200 g/mol. The molecule has 0 aromatic rings. The van der Waals surface area contributed by atoms with Crippen molar-refractivity contribution in [2.75, 3.05) is 13.2 Å². The van der Waals surface area contributed by atoms with Gasteiger partial charge < -0.3 is 16.2 Å². The number of rotatable bonds is 4. The van der Waals surface area contributed by atoms with E-state index in [-0.39, 0.29) is 18.2 Å². The summed E-state index contributed by atoms with van der Waals surface area (Å²) in [4.78, 5) is 21.8. The van der Waals surface area contributed by atoms with Crippen molar-refractivity contribution in [3.05, 3.63) is 0 Å². The summed E-state index contributed by atoms with van der Waals surface area (Å²) in [7, 11) is 0. The van der Waals surface area contributed by atoms with Gasteiger partial charge >= 0.3 is 0 Å². The molecule has 1 rings (SSSR count). The first-order chi connectivity index (χ1) is 6.63. The molecule has 1 saturated heterocycles. The van der Waals surface area contributed by atoms with Crippen molar-refractivity contribution in [3.63, 3.8) is 0 Å². The lowest BCUT2D eigenvalue weighted by molar-refractivity contribution is -0.135. The number of hydrogen-bond donors (Lipinski definition) is 2. The zero-order chi connectivity index (χ0) is 10.6. The van der Waals surface area contributed by atoms with Gasteiger partial charge in [-0.2, -0.15) is 0 Å². The number of ether oxygens (including phenoxy) is 1. The highest BCUT2D eigenvalue weighted by molar-refractivity contribution is 5.80. The minimum Gasteiger partial charge on any atom is -0.368 e. The summed E-state index contributed by atoms with van der Waals surface area (Å²) in [6.45, 7) is 0.509. The molecule has 1 heterocycles. The van der Waals surface area contributed by atoms with Crippen LogP contribution in [0.2, 0.25) is 0 Å². The molecule has 0 aromatic carbocycles. The SMILES string of the molecule is NCC(=O)C[C@@H]1CC[C@@H](C(N)=O)OC1. The van der Waals surface area contributed by atoms with Gasteiger partial charge in [0.1, 0.15) is 11.9 Å². The van der Waals surface area contributed by atoms with Crippen molar-refractivity contribution in [3.8, 4) is 0 Å². The van der Waals surface area contributed by atoms with Crippen molar-refractivity contribution in [2.45, 2.75) is 25.4 Å². The van der Waals surface area contributed by atoms with Gasteiger partial charge in [0.15, 0.2) is 0 Å². The number of nitrogens with two attached hydrogens (primary N) is 2. The molecule has 0 radical (unpaired) electrons. The maximum atomic E-state index is 11.0. The first-order valence-electron chi connectivity index (χ1n) is 4.76. The molecular formula is C9H16N2O3. The van der Waals surface area contributed by atoms with Crippen molar-refractivity contribution >= 4 is 11.7 Å². The fourth-order valence-electron chi connectivity index (χ4n) is 1.60. The lowest BCUT2D eigenvalue weighted by atomic mass is 9.93. The summed E-state index contributed by atoms with van der Waals surface area (Å²) in [6, 6.07) is 0. The van der Waals surface area contributed by atoms with Crippen LogP contribution in [0.3, 0.4) is 0 Å². The van der Waals surface area contributed by atoms with Gasteiger partial charge in [0.2, 0.25) is 5.91 Å². The molecule has 80 valence electrons. The predicted molar refractivity (Wildman–Crippen MR) is 50.3 cm³/mol. The topological polar surface area (TPSA) is 95.4 Å². The minimum absolute atomic E-state index is 0.0381. The summed E-state index contributed by atoms with van der Waals surface area (Å²) in [5, 5.41) is 0. The van der Waals surface area contributed by atoms with E-state index in [1.807, 2.05) is 0 Å². The van der Waals surface area contributed by atoms with E-state index in [0.29, 0.717) is 19.4 Å². The van der Waals surface area contributed by atoms with Gasteiger partial charge in [0, 0.05) is 6.42 Å². The zero-order valence-electron chi connectivity index (χ0n) is 8.07. The fourth-order valence-corrected chi connectivity index (χ4v) is 1.60. The van der Waals surface area contributed by atoms with Crippen LogP contribution in [0.5, 0.6) is 0 Å². The van der Waals surface area contributed by atoms with E-state index in [1.165, 1.54) is 0 Å². The molecule has 0 unspecified atom stereocenters. The molecule has 5 nitrogen and oxygen atoms in total. The Balaban J connectivity index is 2.29. The number of hydrogen-bond acceptors (Lipinski definition) is 4. The monoisotopic (exact) mass is 200 g/mol. The molecule has 1 aliphatic rings. The van der Waals surface area contributed by atoms with Crippen LogP contribution >= 0.6 is 0 Å². The van der Waals surface area contributed by atoms with E-state index < -0.39 is 12.0 Å². The highest BCUT2D eigenvalue weighted by atomic mass is 16.5. The summed E-state index contributed by atoms with van der Waals surface area (Å²) < 4.78 is 5.23. The number of Topliss-reactive ketones (excluding diaryl/α,β-unsaturated/α-hetero) is 1. The second kappa shape index (κ2) is 5.07. The van der Waals surface area contributed by atoms with Crippen molar-refractivity contribution in [1.29, 1.82) is 0 Å². The molecule has 14 heavy (non-hydrogen) atoms. The van der Waals surface area contributed by atoms with Crippen LogP contribution in [0.25, 0.3) is 0 Å². The molecule has 0 spiro atoms. The highest BCUT2D eigenvalue weighted by Crippen LogP contribution is 2.21. The quantitative estimate of drug-likeness (QED) is 0.620. The van der Waals surface area contributed by atoms with Gasteiger partial charge in [-0.3, -0.25) is 9.59 Å². The Hall–Kier alpha value is -0.940. The highest BCUT2D eigenvalue weighted by Gasteiger charge is 2.26. The third-order valence-corrected chi connectivity index (χ3v) is 2.43. The Labute approximate surface area is 82.8 Å². The van der Waals surface area contributed by atoms with Gasteiger partial charge in [0.25, 0.3) is 0 Å². The number of ketones is 1. The molecule has 2 atom stereocenters. The largest absolute Gasteiger partial charge is 0.368 e. The summed E-state index contributed by atoms with van der Waals surface area (Å²) in [5.74, 6) is -0.189. The van der Waals surface area contributed by atoms with E-state index in [2.05, 4.69) is 0 Å². The third kappa shape index (κ3) is 3.08. The third-order valence-electron chi connectivity index (χ3n) is 2.43. The molecule has 0 bridgehead atoms. The number of carbonyl (C=O) groups excluding carboxylic acids is 2. The van der Waals surface area contributed by atoms with Crippen LogP contribution in [0, 0.1) is 5.92 Å². The number of carbonyl (C=O) groups is 2. The van der Waals surface area contributed by atoms with Gasteiger partial charge in [-0.25, -0.2) is 0 Å². The lowest BCUT2D eigenvalue weighted by Crippen LogP contribution is -2.37. The van der Waals surface area contributed by atoms with Crippen LogP contribution in [0.15, 0.2) is 0 Å². The molecule has 0 aromatic heterocycles. The van der Waals surface area contributed by atoms with Crippen molar-refractivity contribution in [2.24, 2.45) is 17.4 Å². The molecule has 1 fully saturated rings. The van der Waals surface area contributed by atoms with E-state index in [4.69, 9.17) is 16.2 Å². The van der Waals surface area contributed by atoms with Crippen LogP contribution in [0.1, 0.15) is 19.3 Å². The summed E-state index contributed by atoms with van der Waals surface area (Å²) >= 11 is 0. The second-order valence-corrected chi connectivity index (χ2v) is 3.61. The van der Waals surface area contributed by atoms with Gasteiger partial charge in [0.05, 0.1) is 13.2 Å². The first-order valence-corrected chi connectivity index (χ1v) is 4.76. The Morgan fingerprint density at radius 1 is 1.36 bits per heavy atom. The number of amides is 1.